The topological polar surface area (TPSA) is 106 Å². The number of nitrogen functional groups attached to an aromatic ring is 1. The summed E-state index contributed by atoms with van der Waals surface area (Å²) in [5.41, 5.74) is 9.68. The van der Waals surface area contributed by atoms with E-state index in [1.165, 1.54) is 0 Å². The maximum atomic E-state index is 12.0. The predicted molar refractivity (Wildman–Crippen MR) is 125 cm³/mol. The standard InChI is InChI=1S/C24H28N6O2/c1-32-18-10-6-16(7-11-18)28-24-27-14-20-22(29-24)19(13-26-23(20)25)15-4-8-17(9-5-15)30-12-2-3-21(30)31/h4-5,8-9,13-14,16,18H,2-3,6-7,10-12H2,1H3,(H2,25,26)(H,27,28,29)/t16-,18-. The zero-order valence-electron chi connectivity index (χ0n) is 18.3. The molecular formula is C24H28N6O2. The zero-order valence-corrected chi connectivity index (χ0v) is 18.3. The van der Waals surface area contributed by atoms with Crippen molar-refractivity contribution < 1.29 is 9.53 Å². The van der Waals surface area contributed by atoms with Crippen LogP contribution in [-0.4, -0.2) is 46.7 Å². The summed E-state index contributed by atoms with van der Waals surface area (Å²) < 4.78 is 5.47. The number of ether oxygens (including phenoxy) is 1. The molecular weight excluding hydrogens is 404 g/mol. The third-order valence-corrected chi connectivity index (χ3v) is 6.56. The summed E-state index contributed by atoms with van der Waals surface area (Å²) in [5.74, 6) is 1.19. The van der Waals surface area contributed by atoms with Crippen LogP contribution in [0.15, 0.2) is 36.7 Å². The number of aromatic nitrogens is 3. The number of carbonyl (C=O) groups is 1. The highest BCUT2D eigenvalue weighted by atomic mass is 16.5. The van der Waals surface area contributed by atoms with Gasteiger partial charge in [-0.2, -0.15) is 0 Å². The van der Waals surface area contributed by atoms with Crippen molar-refractivity contribution in [3.8, 4) is 11.1 Å². The van der Waals surface area contributed by atoms with Gasteiger partial charge in [-0.15, -0.1) is 0 Å². The largest absolute Gasteiger partial charge is 0.383 e. The molecule has 1 aliphatic carbocycles. The van der Waals surface area contributed by atoms with Crippen LogP contribution in [0.3, 0.4) is 0 Å². The van der Waals surface area contributed by atoms with E-state index in [-0.39, 0.29) is 5.91 Å². The van der Waals surface area contributed by atoms with E-state index in [4.69, 9.17) is 15.5 Å². The van der Waals surface area contributed by atoms with Gasteiger partial charge in [0.25, 0.3) is 0 Å². The Hall–Kier alpha value is -3.26. The maximum Gasteiger partial charge on any atom is 0.227 e. The van der Waals surface area contributed by atoms with Crippen molar-refractivity contribution in [2.75, 3.05) is 29.6 Å². The summed E-state index contributed by atoms with van der Waals surface area (Å²) in [4.78, 5) is 27.6. The molecule has 2 aliphatic rings. The van der Waals surface area contributed by atoms with Crippen molar-refractivity contribution >= 4 is 34.3 Å². The molecule has 2 aromatic heterocycles. The minimum Gasteiger partial charge on any atom is -0.383 e. The first-order chi connectivity index (χ1) is 15.6. The van der Waals surface area contributed by atoms with Gasteiger partial charge in [0.1, 0.15) is 5.82 Å². The number of nitrogens with zero attached hydrogens (tertiary/aromatic N) is 4. The van der Waals surface area contributed by atoms with Gasteiger partial charge in [-0.3, -0.25) is 4.79 Å². The molecule has 0 unspecified atom stereocenters. The molecule has 3 heterocycles. The van der Waals surface area contributed by atoms with Gasteiger partial charge in [-0.25, -0.2) is 15.0 Å². The summed E-state index contributed by atoms with van der Waals surface area (Å²) in [6.07, 6.45) is 9.51. The van der Waals surface area contributed by atoms with Gasteiger partial charge in [-0.1, -0.05) is 12.1 Å². The Morgan fingerprint density at radius 1 is 1.09 bits per heavy atom. The summed E-state index contributed by atoms with van der Waals surface area (Å²) in [7, 11) is 1.78. The van der Waals surface area contributed by atoms with Crippen LogP contribution >= 0.6 is 0 Å². The minimum absolute atomic E-state index is 0.181. The van der Waals surface area contributed by atoms with Crippen molar-refractivity contribution in [2.24, 2.45) is 0 Å². The molecule has 3 N–H and O–H groups in total. The maximum absolute atomic E-state index is 12.0. The first-order valence-corrected chi connectivity index (χ1v) is 11.2. The Labute approximate surface area is 187 Å². The van der Waals surface area contributed by atoms with E-state index in [0.29, 0.717) is 30.3 Å². The summed E-state index contributed by atoms with van der Waals surface area (Å²) in [6, 6.07) is 8.31. The molecule has 0 atom stereocenters. The van der Waals surface area contributed by atoms with Crippen LogP contribution in [0.4, 0.5) is 17.5 Å². The number of benzene rings is 1. The second-order valence-electron chi connectivity index (χ2n) is 8.56. The third-order valence-electron chi connectivity index (χ3n) is 6.56. The van der Waals surface area contributed by atoms with E-state index in [1.54, 1.807) is 19.5 Å². The van der Waals surface area contributed by atoms with Gasteiger partial charge in [-0.05, 0) is 49.8 Å². The molecule has 1 aliphatic heterocycles. The number of nitrogens with two attached hydrogens (primary N) is 1. The molecule has 3 aromatic rings. The Morgan fingerprint density at radius 3 is 2.56 bits per heavy atom. The first kappa shape index (κ1) is 20.6. The summed E-state index contributed by atoms with van der Waals surface area (Å²) in [6.45, 7) is 0.777. The van der Waals surface area contributed by atoms with Gasteiger partial charge < -0.3 is 20.7 Å². The molecule has 0 spiro atoms. The SMILES string of the molecule is CO[C@H]1CC[C@H](Nc2ncc3c(N)ncc(-c4ccc(N5CCCC5=O)cc4)c3n2)CC1. The van der Waals surface area contributed by atoms with Crippen LogP contribution < -0.4 is 16.0 Å². The van der Waals surface area contributed by atoms with Crippen LogP contribution in [-0.2, 0) is 9.53 Å². The highest BCUT2D eigenvalue weighted by molar-refractivity contribution is 5.99. The van der Waals surface area contributed by atoms with Crippen molar-refractivity contribution in [1.82, 2.24) is 15.0 Å². The molecule has 1 saturated heterocycles. The van der Waals surface area contributed by atoms with E-state index >= 15 is 0 Å². The normalized spacial score (nSPS) is 21.3. The number of hydrogen-bond donors (Lipinski definition) is 2. The molecule has 0 bridgehead atoms. The van der Waals surface area contributed by atoms with E-state index in [0.717, 1.165) is 66.4 Å². The van der Waals surface area contributed by atoms with Crippen LogP contribution in [0.25, 0.3) is 22.0 Å². The molecule has 1 aromatic carbocycles. The first-order valence-electron chi connectivity index (χ1n) is 11.2. The fourth-order valence-corrected chi connectivity index (χ4v) is 4.69. The molecule has 8 nitrogen and oxygen atoms in total. The number of rotatable bonds is 5. The van der Waals surface area contributed by atoms with Crippen LogP contribution in [0.5, 0.6) is 0 Å². The van der Waals surface area contributed by atoms with E-state index in [2.05, 4.69) is 15.3 Å². The number of methoxy groups -OCH3 is 1. The van der Waals surface area contributed by atoms with Crippen LogP contribution in [0.2, 0.25) is 0 Å². The summed E-state index contributed by atoms with van der Waals surface area (Å²) >= 11 is 0. The zero-order chi connectivity index (χ0) is 22.1. The van der Waals surface area contributed by atoms with Gasteiger partial charge in [0.2, 0.25) is 11.9 Å². The number of amides is 1. The van der Waals surface area contributed by atoms with Crippen molar-refractivity contribution in [3.05, 3.63) is 36.7 Å². The van der Waals surface area contributed by atoms with Crippen LogP contribution in [0, 0.1) is 0 Å². The monoisotopic (exact) mass is 432 g/mol. The lowest BCUT2D eigenvalue weighted by Gasteiger charge is -2.28. The molecule has 5 rings (SSSR count). The predicted octanol–water partition coefficient (Wildman–Crippen LogP) is 3.77. The minimum atomic E-state index is 0.181. The van der Waals surface area contributed by atoms with Gasteiger partial charge in [0.05, 0.1) is 17.0 Å². The number of pyridine rings is 1. The lowest BCUT2D eigenvalue weighted by molar-refractivity contribution is -0.117. The number of nitrogens with one attached hydrogen (secondary N) is 1. The van der Waals surface area contributed by atoms with E-state index in [9.17, 15) is 4.79 Å². The highest BCUT2D eigenvalue weighted by Gasteiger charge is 2.23. The van der Waals surface area contributed by atoms with Crippen LogP contribution in [0.1, 0.15) is 38.5 Å². The molecule has 1 saturated carbocycles. The molecule has 32 heavy (non-hydrogen) atoms. The molecule has 166 valence electrons. The number of fused-ring (bicyclic) bond motifs is 1. The Morgan fingerprint density at radius 2 is 1.88 bits per heavy atom. The third kappa shape index (κ3) is 3.98. The second kappa shape index (κ2) is 8.70. The molecule has 8 heteroatoms. The average molecular weight is 433 g/mol. The molecule has 1 amide bonds. The van der Waals surface area contributed by atoms with E-state index < -0.39 is 0 Å². The van der Waals surface area contributed by atoms with Crippen molar-refractivity contribution in [1.29, 1.82) is 0 Å². The second-order valence-corrected chi connectivity index (χ2v) is 8.56. The van der Waals surface area contributed by atoms with Crippen molar-refractivity contribution in [3.63, 3.8) is 0 Å². The van der Waals surface area contributed by atoms with Crippen molar-refractivity contribution in [2.45, 2.75) is 50.7 Å². The summed E-state index contributed by atoms with van der Waals surface area (Å²) in [5, 5.41) is 4.22. The quantitative estimate of drug-likeness (QED) is 0.632. The molecule has 2 fully saturated rings. The Balaban J connectivity index is 1.43. The lowest BCUT2D eigenvalue weighted by Crippen LogP contribution is -2.29. The fourth-order valence-electron chi connectivity index (χ4n) is 4.69. The number of hydrogen-bond acceptors (Lipinski definition) is 7. The highest BCUT2D eigenvalue weighted by Crippen LogP contribution is 2.32. The van der Waals surface area contributed by atoms with Gasteiger partial charge in [0.15, 0.2) is 0 Å². The Kier molecular flexibility index (Phi) is 5.61. The number of anilines is 3. The van der Waals surface area contributed by atoms with Gasteiger partial charge >= 0.3 is 0 Å². The van der Waals surface area contributed by atoms with E-state index in [1.807, 2.05) is 29.2 Å². The lowest BCUT2D eigenvalue weighted by atomic mass is 9.93. The average Bonchev–Trinajstić information content (AvgIpc) is 3.26. The number of carbonyl (C=O) groups excluding carboxylic acids is 1. The molecule has 0 radical (unpaired) electrons. The smallest absolute Gasteiger partial charge is 0.227 e. The Bertz CT molecular complexity index is 1130. The van der Waals surface area contributed by atoms with Gasteiger partial charge in [0, 0.05) is 49.8 Å². The fraction of sp³-hybridized carbons (Fsp3) is 0.417.